The molecule has 35 heavy (non-hydrogen) atoms. The van der Waals surface area contributed by atoms with E-state index in [1.54, 1.807) is 6.20 Å². The lowest BCUT2D eigenvalue weighted by Gasteiger charge is -2.45. The average molecular weight is 514 g/mol. The van der Waals surface area contributed by atoms with E-state index in [1.807, 2.05) is 41.3 Å². The molecule has 3 heterocycles. The maximum Gasteiger partial charge on any atom is 0.251 e. The van der Waals surface area contributed by atoms with Gasteiger partial charge in [-0.2, -0.15) is 0 Å². The number of nitrogens with zero attached hydrogens (tertiary/aromatic N) is 3. The highest BCUT2D eigenvalue weighted by Gasteiger charge is 2.35. The first kappa shape index (κ1) is 24.8. The Kier molecular flexibility index (Phi) is 7.78. The van der Waals surface area contributed by atoms with Gasteiger partial charge in [0.2, 0.25) is 0 Å². The monoisotopic (exact) mass is 513 g/mol. The maximum absolute atomic E-state index is 13.2. The van der Waals surface area contributed by atoms with E-state index in [9.17, 15) is 9.90 Å². The lowest BCUT2D eigenvalue weighted by molar-refractivity contribution is -0.129. The van der Waals surface area contributed by atoms with Gasteiger partial charge in [-0.15, -0.1) is 0 Å². The van der Waals surface area contributed by atoms with E-state index in [0.717, 1.165) is 69.6 Å². The number of hydrogen-bond donors (Lipinski definition) is 1. The van der Waals surface area contributed by atoms with Crippen molar-refractivity contribution in [2.24, 2.45) is 22.7 Å². The highest BCUT2D eigenvalue weighted by atomic mass is 35.5. The van der Waals surface area contributed by atoms with Gasteiger partial charge in [-0.1, -0.05) is 47.5 Å². The summed E-state index contributed by atoms with van der Waals surface area (Å²) in [5, 5.41) is 11.3. The van der Waals surface area contributed by atoms with Gasteiger partial charge >= 0.3 is 0 Å². The number of piperidine rings is 2. The molecule has 4 aliphatic rings. The van der Waals surface area contributed by atoms with Gasteiger partial charge in [-0.3, -0.25) is 14.7 Å². The summed E-state index contributed by atoms with van der Waals surface area (Å²) in [6.07, 6.45) is 14.6. The topological polar surface area (TPSA) is 56.1 Å². The number of rotatable bonds is 5. The van der Waals surface area contributed by atoms with Crippen LogP contribution in [-0.4, -0.2) is 65.4 Å². The largest absolute Gasteiger partial charge is 0.396 e. The second-order valence-electron chi connectivity index (χ2n) is 10.2. The van der Waals surface area contributed by atoms with E-state index < -0.39 is 0 Å². The van der Waals surface area contributed by atoms with Crippen LogP contribution in [0.4, 0.5) is 0 Å². The Hall–Kier alpha value is -1.92. The molecule has 3 atom stereocenters. The first-order chi connectivity index (χ1) is 17.0. The standard InChI is InChI=1S/C28H33Cl2N3O2/c29-25-6-5-19(14-26(25)30)13-20-7-10-33(17-23(20)18-34)24-8-11-32(12-9-24)28(35)22-15-21-3-1-2-4-27(21)31-16-22/h1-6,14,16,20-21,23-24,34H,7-13,15,17-18H2/t20?,21?,23-/m0/s1. The van der Waals surface area contributed by atoms with Gasteiger partial charge in [0.1, 0.15) is 0 Å². The van der Waals surface area contributed by atoms with Crippen molar-refractivity contribution in [3.8, 4) is 0 Å². The molecule has 186 valence electrons. The Morgan fingerprint density at radius 1 is 1.06 bits per heavy atom. The Labute approximate surface area is 217 Å². The average Bonchev–Trinajstić information content (AvgIpc) is 2.90. The molecule has 2 saturated heterocycles. The molecule has 2 fully saturated rings. The molecular formula is C28H33Cl2N3O2. The normalized spacial score (nSPS) is 27.4. The fourth-order valence-corrected chi connectivity index (χ4v) is 6.31. The quantitative estimate of drug-likeness (QED) is 0.607. The van der Waals surface area contributed by atoms with Crippen molar-refractivity contribution < 1.29 is 9.90 Å². The van der Waals surface area contributed by atoms with E-state index in [2.05, 4.69) is 16.0 Å². The number of likely N-dealkylation sites (tertiary alicyclic amines) is 2. The number of aliphatic imine (C=N–C) groups is 1. The van der Waals surface area contributed by atoms with E-state index >= 15 is 0 Å². The third-order valence-electron chi connectivity index (χ3n) is 8.09. The Morgan fingerprint density at radius 2 is 1.89 bits per heavy atom. The molecule has 0 spiro atoms. The van der Waals surface area contributed by atoms with Crippen LogP contribution in [0.2, 0.25) is 10.0 Å². The van der Waals surface area contributed by atoms with Gasteiger partial charge in [-0.05, 0) is 74.3 Å². The van der Waals surface area contributed by atoms with Crippen LogP contribution in [0.3, 0.4) is 0 Å². The van der Waals surface area contributed by atoms with Crippen LogP contribution in [-0.2, 0) is 11.2 Å². The summed E-state index contributed by atoms with van der Waals surface area (Å²) in [5.41, 5.74) is 3.04. The summed E-state index contributed by atoms with van der Waals surface area (Å²) >= 11 is 12.3. The number of aliphatic hydroxyl groups excluding tert-OH is 1. The molecule has 2 unspecified atom stereocenters. The number of benzene rings is 1. The number of allylic oxidation sites excluding steroid dienone is 4. The highest BCUT2D eigenvalue weighted by Crippen LogP contribution is 2.32. The molecule has 0 saturated carbocycles. The maximum atomic E-state index is 13.2. The summed E-state index contributed by atoms with van der Waals surface area (Å²) in [4.78, 5) is 22.2. The zero-order chi connectivity index (χ0) is 24.4. The lowest BCUT2D eigenvalue weighted by atomic mass is 9.80. The number of fused-ring (bicyclic) bond motifs is 1. The van der Waals surface area contributed by atoms with Crippen molar-refractivity contribution in [3.05, 3.63) is 69.9 Å². The summed E-state index contributed by atoms with van der Waals surface area (Å²) in [6.45, 7) is 3.70. The molecule has 5 rings (SSSR count). The summed E-state index contributed by atoms with van der Waals surface area (Å²) < 4.78 is 0. The summed E-state index contributed by atoms with van der Waals surface area (Å²) in [7, 11) is 0. The van der Waals surface area contributed by atoms with Gasteiger partial charge in [0.25, 0.3) is 5.91 Å². The number of carbonyl (C=O) groups excluding carboxylic acids is 1. The van der Waals surface area contributed by atoms with Crippen LogP contribution in [0.5, 0.6) is 0 Å². The highest BCUT2D eigenvalue weighted by molar-refractivity contribution is 6.42. The van der Waals surface area contributed by atoms with Gasteiger partial charge in [0.15, 0.2) is 0 Å². The van der Waals surface area contributed by atoms with Crippen LogP contribution in [0, 0.1) is 17.8 Å². The van der Waals surface area contributed by atoms with Crippen molar-refractivity contribution >= 4 is 34.8 Å². The smallest absolute Gasteiger partial charge is 0.251 e. The third-order valence-corrected chi connectivity index (χ3v) is 8.83. The van der Waals surface area contributed by atoms with Crippen molar-refractivity contribution in [1.29, 1.82) is 0 Å². The minimum atomic E-state index is 0.141. The molecule has 5 nitrogen and oxygen atoms in total. The van der Waals surface area contributed by atoms with Crippen molar-refractivity contribution in [2.45, 2.75) is 38.1 Å². The van der Waals surface area contributed by atoms with Crippen molar-refractivity contribution in [3.63, 3.8) is 0 Å². The molecular weight excluding hydrogens is 481 g/mol. The van der Waals surface area contributed by atoms with E-state index in [0.29, 0.717) is 22.0 Å². The first-order valence-electron chi connectivity index (χ1n) is 12.7. The molecule has 1 aromatic carbocycles. The Bertz CT molecular complexity index is 1070. The molecule has 7 heteroatoms. The van der Waals surface area contributed by atoms with Gasteiger partial charge in [0.05, 0.1) is 10.0 Å². The second kappa shape index (κ2) is 11.0. The fraction of sp³-hybridized carbons (Fsp3) is 0.500. The molecule has 0 radical (unpaired) electrons. The van der Waals surface area contributed by atoms with E-state index in [4.69, 9.17) is 23.2 Å². The summed E-state index contributed by atoms with van der Waals surface area (Å²) in [6, 6.07) is 6.31. The number of amides is 1. The predicted octanol–water partition coefficient (Wildman–Crippen LogP) is 4.93. The first-order valence-corrected chi connectivity index (χ1v) is 13.5. The fourth-order valence-electron chi connectivity index (χ4n) is 5.99. The lowest BCUT2D eigenvalue weighted by Crippen LogP contribution is -2.52. The number of carbonyl (C=O) groups is 1. The predicted molar refractivity (Wildman–Crippen MR) is 142 cm³/mol. The number of hydrogen-bond acceptors (Lipinski definition) is 4. The second-order valence-corrected chi connectivity index (χ2v) is 11.0. The molecule has 1 aromatic rings. The molecule has 1 amide bonds. The third kappa shape index (κ3) is 5.59. The Balaban J connectivity index is 1.14. The van der Waals surface area contributed by atoms with Crippen LogP contribution in [0.15, 0.2) is 59.3 Å². The van der Waals surface area contributed by atoms with Crippen molar-refractivity contribution in [2.75, 3.05) is 32.8 Å². The number of halogens is 2. The van der Waals surface area contributed by atoms with Gasteiger partial charge in [0, 0.05) is 55.7 Å². The molecule has 0 aromatic heterocycles. The molecule has 1 N–H and O–H groups in total. The van der Waals surface area contributed by atoms with E-state index in [1.165, 1.54) is 5.56 Å². The Morgan fingerprint density at radius 3 is 2.66 bits per heavy atom. The minimum absolute atomic E-state index is 0.141. The zero-order valence-electron chi connectivity index (χ0n) is 20.0. The number of aliphatic hydroxyl groups is 1. The zero-order valence-corrected chi connectivity index (χ0v) is 21.5. The van der Waals surface area contributed by atoms with Crippen LogP contribution < -0.4 is 0 Å². The van der Waals surface area contributed by atoms with E-state index in [-0.39, 0.29) is 24.3 Å². The molecule has 1 aliphatic carbocycles. The van der Waals surface area contributed by atoms with Crippen molar-refractivity contribution in [1.82, 2.24) is 9.80 Å². The van der Waals surface area contributed by atoms with Gasteiger partial charge < -0.3 is 10.0 Å². The molecule has 0 bridgehead atoms. The van der Waals surface area contributed by atoms with Crippen LogP contribution in [0.25, 0.3) is 0 Å². The van der Waals surface area contributed by atoms with Gasteiger partial charge in [-0.25, -0.2) is 0 Å². The molecule has 3 aliphatic heterocycles. The minimum Gasteiger partial charge on any atom is -0.396 e. The summed E-state index contributed by atoms with van der Waals surface area (Å²) in [5.74, 6) is 1.04. The van der Waals surface area contributed by atoms with Crippen LogP contribution >= 0.6 is 23.2 Å². The SMILES string of the molecule is O=C(C1=CN=C2C=CC=CC2C1)N1CCC(N2CCC(Cc3ccc(Cl)c(Cl)c3)[C@H](CO)C2)CC1. The van der Waals surface area contributed by atoms with Crippen LogP contribution in [0.1, 0.15) is 31.2 Å².